The minimum atomic E-state index is -0.559. The molecule has 0 aliphatic heterocycles. The first-order valence-electron chi connectivity index (χ1n) is 8.86. The van der Waals surface area contributed by atoms with Crippen molar-refractivity contribution in [1.82, 2.24) is 24.0 Å². The first-order valence-corrected chi connectivity index (χ1v) is 8.86. The van der Waals surface area contributed by atoms with Gasteiger partial charge in [0.15, 0.2) is 11.2 Å². The van der Waals surface area contributed by atoms with Gasteiger partial charge in [-0.3, -0.25) is 14.2 Å². The lowest BCUT2D eigenvalue weighted by Gasteiger charge is -2.16. The van der Waals surface area contributed by atoms with Gasteiger partial charge in [0.1, 0.15) is 6.54 Å². The molecule has 8 heteroatoms. The smallest absolute Gasteiger partial charge is 0.332 e. The molecule has 1 unspecified atom stereocenters. The van der Waals surface area contributed by atoms with Gasteiger partial charge in [0, 0.05) is 26.6 Å². The Hall–Kier alpha value is -3.16. The van der Waals surface area contributed by atoms with Gasteiger partial charge in [-0.05, 0) is 12.0 Å². The van der Waals surface area contributed by atoms with Gasteiger partial charge in [-0.25, -0.2) is 14.3 Å². The van der Waals surface area contributed by atoms with Crippen molar-refractivity contribution < 1.29 is 4.79 Å². The van der Waals surface area contributed by atoms with E-state index in [2.05, 4.69) is 17.2 Å². The third kappa shape index (κ3) is 3.55. The zero-order valence-electron chi connectivity index (χ0n) is 15.7. The summed E-state index contributed by atoms with van der Waals surface area (Å²) >= 11 is 0. The molecular formula is C19H23N5O3. The molecule has 0 fully saturated rings. The first-order chi connectivity index (χ1) is 12.9. The molecule has 1 atom stereocenters. The van der Waals surface area contributed by atoms with E-state index in [0.717, 1.165) is 16.6 Å². The number of fused-ring (bicyclic) bond motifs is 1. The number of hydrogen-bond acceptors (Lipinski definition) is 4. The fraction of sp³-hybridized carbons (Fsp3) is 0.368. The van der Waals surface area contributed by atoms with Crippen molar-refractivity contribution in [2.45, 2.75) is 25.8 Å². The summed E-state index contributed by atoms with van der Waals surface area (Å²) < 4.78 is 3.78. The second kappa shape index (κ2) is 7.61. The fourth-order valence-electron chi connectivity index (χ4n) is 3.20. The number of hydrogen-bond donors (Lipinski definition) is 1. The van der Waals surface area contributed by atoms with Gasteiger partial charge < -0.3 is 9.88 Å². The number of carbonyl (C=O) groups is 1. The molecule has 27 heavy (non-hydrogen) atoms. The summed E-state index contributed by atoms with van der Waals surface area (Å²) in [6.07, 6.45) is 2.34. The molecule has 8 nitrogen and oxygen atoms in total. The predicted molar refractivity (Wildman–Crippen MR) is 103 cm³/mol. The molecule has 0 saturated heterocycles. The quantitative estimate of drug-likeness (QED) is 0.694. The van der Waals surface area contributed by atoms with Crippen LogP contribution in [0.5, 0.6) is 0 Å². The van der Waals surface area contributed by atoms with E-state index in [9.17, 15) is 14.4 Å². The average Bonchev–Trinajstić information content (AvgIpc) is 3.06. The van der Waals surface area contributed by atoms with Gasteiger partial charge >= 0.3 is 5.69 Å². The summed E-state index contributed by atoms with van der Waals surface area (Å²) in [5, 5.41) is 2.84. The first kappa shape index (κ1) is 18.6. The van der Waals surface area contributed by atoms with Gasteiger partial charge in [-0.2, -0.15) is 0 Å². The maximum absolute atomic E-state index is 12.6. The minimum Gasteiger partial charge on any atom is -0.354 e. The molecule has 0 saturated carbocycles. The number of nitrogens with zero attached hydrogens (tertiary/aromatic N) is 4. The molecule has 0 aliphatic rings. The van der Waals surface area contributed by atoms with Crippen molar-refractivity contribution in [1.29, 1.82) is 0 Å². The van der Waals surface area contributed by atoms with Crippen LogP contribution in [0.15, 0.2) is 46.2 Å². The molecule has 0 radical (unpaired) electrons. The van der Waals surface area contributed by atoms with Gasteiger partial charge in [0.05, 0.1) is 6.33 Å². The standard InChI is InChI=1S/C19H23N5O3/c1-4-13(14-8-6-5-7-9-14)10-20-15(25)11-24-18(26)16-17(21-12-22(16)2)23(3)19(24)27/h5-9,12-13H,4,10-11H2,1-3H3,(H,20,25). The number of aryl methyl sites for hydroxylation is 2. The summed E-state index contributed by atoms with van der Waals surface area (Å²) in [7, 11) is 3.21. The molecular weight excluding hydrogens is 346 g/mol. The van der Waals surface area contributed by atoms with E-state index < -0.39 is 11.2 Å². The Balaban J connectivity index is 1.79. The normalized spacial score (nSPS) is 12.3. The van der Waals surface area contributed by atoms with Crippen molar-refractivity contribution in [3.63, 3.8) is 0 Å². The molecule has 1 N–H and O–H groups in total. The topological polar surface area (TPSA) is 90.9 Å². The average molecular weight is 369 g/mol. The van der Waals surface area contributed by atoms with Crippen molar-refractivity contribution >= 4 is 17.1 Å². The van der Waals surface area contributed by atoms with Gasteiger partial charge in [-0.1, -0.05) is 37.3 Å². The van der Waals surface area contributed by atoms with E-state index in [1.54, 1.807) is 11.6 Å². The van der Waals surface area contributed by atoms with E-state index in [1.165, 1.54) is 17.9 Å². The highest BCUT2D eigenvalue weighted by Gasteiger charge is 2.17. The SMILES string of the molecule is CCC(CNC(=O)Cn1c(=O)c2c(ncn2C)n(C)c1=O)c1ccccc1. The number of amides is 1. The lowest BCUT2D eigenvalue weighted by atomic mass is 9.96. The molecule has 0 spiro atoms. The van der Waals surface area contributed by atoms with Crippen LogP contribution < -0.4 is 16.6 Å². The molecule has 2 aromatic heterocycles. The highest BCUT2D eigenvalue weighted by molar-refractivity contribution is 5.76. The largest absolute Gasteiger partial charge is 0.354 e. The highest BCUT2D eigenvalue weighted by Crippen LogP contribution is 2.17. The molecule has 1 amide bonds. The lowest BCUT2D eigenvalue weighted by Crippen LogP contribution is -2.44. The van der Waals surface area contributed by atoms with Crippen LogP contribution in [0, 0.1) is 0 Å². The Morgan fingerprint density at radius 1 is 1.19 bits per heavy atom. The van der Waals surface area contributed by atoms with E-state index in [0.29, 0.717) is 17.7 Å². The van der Waals surface area contributed by atoms with Crippen molar-refractivity contribution in [3.8, 4) is 0 Å². The summed E-state index contributed by atoms with van der Waals surface area (Å²) in [5.41, 5.74) is 0.666. The van der Waals surface area contributed by atoms with E-state index in [1.807, 2.05) is 30.3 Å². The van der Waals surface area contributed by atoms with E-state index in [4.69, 9.17) is 0 Å². The van der Waals surface area contributed by atoms with Crippen molar-refractivity contribution in [3.05, 3.63) is 63.1 Å². The minimum absolute atomic E-state index is 0.175. The zero-order chi connectivity index (χ0) is 19.6. The Kier molecular flexibility index (Phi) is 5.25. The van der Waals surface area contributed by atoms with Crippen LogP contribution in [0.2, 0.25) is 0 Å². The molecule has 1 aromatic carbocycles. The molecule has 2 heterocycles. The Labute approximate surface area is 156 Å². The predicted octanol–water partition coefficient (Wildman–Crippen LogP) is 0.744. The fourth-order valence-corrected chi connectivity index (χ4v) is 3.20. The number of rotatable bonds is 6. The molecule has 0 bridgehead atoms. The number of benzene rings is 1. The third-order valence-electron chi connectivity index (χ3n) is 4.81. The molecule has 3 aromatic rings. The maximum Gasteiger partial charge on any atom is 0.332 e. The second-order valence-corrected chi connectivity index (χ2v) is 6.58. The number of aromatic nitrogens is 4. The third-order valence-corrected chi connectivity index (χ3v) is 4.81. The van der Waals surface area contributed by atoms with Crippen LogP contribution in [0.3, 0.4) is 0 Å². The van der Waals surface area contributed by atoms with Crippen LogP contribution in [0.1, 0.15) is 24.8 Å². The molecule has 3 rings (SSSR count). The second-order valence-electron chi connectivity index (χ2n) is 6.58. The van der Waals surface area contributed by atoms with Crippen LogP contribution in [0.4, 0.5) is 0 Å². The number of carbonyl (C=O) groups excluding carboxylic acids is 1. The lowest BCUT2D eigenvalue weighted by molar-refractivity contribution is -0.121. The summed E-state index contributed by atoms with van der Waals surface area (Å²) in [6, 6.07) is 9.93. The van der Waals surface area contributed by atoms with Crippen molar-refractivity contribution in [2.75, 3.05) is 6.54 Å². The van der Waals surface area contributed by atoms with Gasteiger partial charge in [0.25, 0.3) is 5.56 Å². The monoisotopic (exact) mass is 369 g/mol. The summed E-state index contributed by atoms with van der Waals surface area (Å²) in [5.74, 6) is -0.195. The van der Waals surface area contributed by atoms with Crippen LogP contribution >= 0.6 is 0 Å². The number of nitrogens with one attached hydrogen (secondary N) is 1. The molecule has 0 aliphatic carbocycles. The van der Waals surface area contributed by atoms with Crippen LogP contribution in [-0.2, 0) is 25.4 Å². The number of imidazole rings is 1. The van der Waals surface area contributed by atoms with E-state index >= 15 is 0 Å². The molecule has 142 valence electrons. The van der Waals surface area contributed by atoms with Crippen LogP contribution in [0.25, 0.3) is 11.2 Å². The van der Waals surface area contributed by atoms with Crippen LogP contribution in [-0.4, -0.2) is 31.1 Å². The van der Waals surface area contributed by atoms with Gasteiger partial charge in [0.2, 0.25) is 5.91 Å². The zero-order valence-corrected chi connectivity index (χ0v) is 15.7. The summed E-state index contributed by atoms with van der Waals surface area (Å²) in [6.45, 7) is 2.18. The Morgan fingerprint density at radius 3 is 2.56 bits per heavy atom. The van der Waals surface area contributed by atoms with Gasteiger partial charge in [-0.15, -0.1) is 0 Å². The Morgan fingerprint density at radius 2 is 1.89 bits per heavy atom. The maximum atomic E-state index is 12.6. The highest BCUT2D eigenvalue weighted by atomic mass is 16.2. The Bertz CT molecular complexity index is 1080. The van der Waals surface area contributed by atoms with Crippen molar-refractivity contribution in [2.24, 2.45) is 14.1 Å². The van der Waals surface area contributed by atoms with E-state index in [-0.39, 0.29) is 18.4 Å². The summed E-state index contributed by atoms with van der Waals surface area (Å²) in [4.78, 5) is 41.6.